The Balaban J connectivity index is 1.90. The third-order valence-electron chi connectivity index (χ3n) is 3.29. The minimum Gasteiger partial charge on any atom is -0.367 e. The van der Waals surface area contributed by atoms with Crippen LogP contribution in [0, 0.1) is 5.82 Å². The van der Waals surface area contributed by atoms with Gasteiger partial charge >= 0.3 is 0 Å². The first-order valence-electron chi connectivity index (χ1n) is 5.48. The summed E-state index contributed by atoms with van der Waals surface area (Å²) >= 11 is 0. The van der Waals surface area contributed by atoms with Crippen molar-refractivity contribution in [2.24, 2.45) is 0 Å². The third kappa shape index (κ3) is 1.56. The van der Waals surface area contributed by atoms with Crippen molar-refractivity contribution >= 4 is 0 Å². The first-order chi connectivity index (χ1) is 7.34. The molecule has 0 radical (unpaired) electrons. The van der Waals surface area contributed by atoms with E-state index in [9.17, 15) is 4.39 Å². The van der Waals surface area contributed by atoms with Crippen molar-refractivity contribution in [2.75, 3.05) is 6.54 Å². The van der Waals surface area contributed by atoms with Crippen LogP contribution in [-0.4, -0.2) is 12.6 Å². The van der Waals surface area contributed by atoms with Crippen LogP contribution in [0.3, 0.4) is 0 Å². The zero-order chi connectivity index (χ0) is 10.3. The second kappa shape index (κ2) is 3.58. The molecule has 15 heavy (non-hydrogen) atoms. The maximum Gasteiger partial charge on any atom is 0.123 e. The fourth-order valence-corrected chi connectivity index (χ4v) is 2.55. The van der Waals surface area contributed by atoms with Crippen LogP contribution in [0.25, 0.3) is 0 Å². The summed E-state index contributed by atoms with van der Waals surface area (Å²) in [6, 6.07) is 5.39. The predicted octanol–water partition coefficient (Wildman–Crippen LogP) is 2.15. The SMILES string of the molecule is Fc1ccc2c(c1)CO[C@H]2[C@@H]1CCCN1. The highest BCUT2D eigenvalue weighted by Crippen LogP contribution is 2.35. The van der Waals surface area contributed by atoms with Crippen molar-refractivity contribution in [1.29, 1.82) is 0 Å². The van der Waals surface area contributed by atoms with Gasteiger partial charge < -0.3 is 10.1 Å². The van der Waals surface area contributed by atoms with Gasteiger partial charge in [0, 0.05) is 6.04 Å². The van der Waals surface area contributed by atoms with Gasteiger partial charge in [0.15, 0.2) is 0 Å². The lowest BCUT2D eigenvalue weighted by molar-refractivity contribution is 0.0426. The van der Waals surface area contributed by atoms with Gasteiger partial charge in [-0.05, 0) is 42.6 Å². The van der Waals surface area contributed by atoms with Crippen LogP contribution >= 0.6 is 0 Å². The molecule has 0 aliphatic carbocycles. The normalized spacial score (nSPS) is 29.4. The van der Waals surface area contributed by atoms with E-state index in [-0.39, 0.29) is 11.9 Å². The summed E-state index contributed by atoms with van der Waals surface area (Å²) in [5.41, 5.74) is 2.17. The van der Waals surface area contributed by atoms with Gasteiger partial charge in [0.1, 0.15) is 5.82 Å². The molecule has 3 heteroatoms. The molecule has 1 aromatic carbocycles. The van der Waals surface area contributed by atoms with E-state index in [0.717, 1.165) is 24.1 Å². The second-order valence-electron chi connectivity index (χ2n) is 4.28. The van der Waals surface area contributed by atoms with Gasteiger partial charge in [0.25, 0.3) is 0 Å². The number of ether oxygens (including phenoxy) is 1. The van der Waals surface area contributed by atoms with Crippen LogP contribution in [0.5, 0.6) is 0 Å². The minimum atomic E-state index is -0.169. The molecular formula is C12H14FNO. The molecule has 0 saturated carbocycles. The fraction of sp³-hybridized carbons (Fsp3) is 0.500. The summed E-state index contributed by atoms with van der Waals surface area (Å²) in [7, 11) is 0. The Labute approximate surface area is 88.4 Å². The van der Waals surface area contributed by atoms with Crippen LogP contribution in [0.1, 0.15) is 30.1 Å². The number of benzene rings is 1. The second-order valence-corrected chi connectivity index (χ2v) is 4.28. The van der Waals surface area contributed by atoms with E-state index in [0.29, 0.717) is 12.6 Å². The Morgan fingerprint density at radius 3 is 3.13 bits per heavy atom. The molecule has 0 spiro atoms. The van der Waals surface area contributed by atoms with E-state index in [1.807, 2.05) is 6.07 Å². The molecule has 1 fully saturated rings. The quantitative estimate of drug-likeness (QED) is 0.761. The van der Waals surface area contributed by atoms with Crippen LogP contribution < -0.4 is 5.32 Å². The zero-order valence-corrected chi connectivity index (χ0v) is 8.50. The van der Waals surface area contributed by atoms with Gasteiger partial charge in [-0.3, -0.25) is 0 Å². The molecule has 2 heterocycles. The highest BCUT2D eigenvalue weighted by Gasteiger charge is 2.32. The molecule has 2 aliphatic rings. The third-order valence-corrected chi connectivity index (χ3v) is 3.29. The highest BCUT2D eigenvalue weighted by molar-refractivity contribution is 5.33. The summed E-state index contributed by atoms with van der Waals surface area (Å²) in [6.45, 7) is 1.62. The lowest BCUT2D eigenvalue weighted by Gasteiger charge is -2.18. The van der Waals surface area contributed by atoms with Gasteiger partial charge in [0.2, 0.25) is 0 Å². The average Bonchev–Trinajstić information content (AvgIpc) is 2.82. The Kier molecular flexibility index (Phi) is 2.22. The molecule has 1 saturated heterocycles. The van der Waals surface area contributed by atoms with Crippen LogP contribution in [0.4, 0.5) is 4.39 Å². The Bertz CT molecular complexity index is 374. The molecule has 2 atom stereocenters. The zero-order valence-electron chi connectivity index (χ0n) is 8.50. The fourth-order valence-electron chi connectivity index (χ4n) is 2.55. The predicted molar refractivity (Wildman–Crippen MR) is 55.0 cm³/mol. The van der Waals surface area contributed by atoms with Gasteiger partial charge in [0.05, 0.1) is 12.7 Å². The summed E-state index contributed by atoms with van der Waals surface area (Å²) in [5.74, 6) is -0.169. The molecular weight excluding hydrogens is 193 g/mol. The molecule has 3 rings (SSSR count). The Morgan fingerprint density at radius 2 is 2.33 bits per heavy atom. The number of hydrogen-bond donors (Lipinski definition) is 1. The molecule has 2 nitrogen and oxygen atoms in total. The first-order valence-corrected chi connectivity index (χ1v) is 5.48. The van der Waals surface area contributed by atoms with Crippen LogP contribution in [-0.2, 0) is 11.3 Å². The summed E-state index contributed by atoms with van der Waals surface area (Å²) in [4.78, 5) is 0. The lowest BCUT2D eigenvalue weighted by atomic mass is 9.99. The molecule has 0 bridgehead atoms. The van der Waals surface area contributed by atoms with Crippen molar-refractivity contribution in [3.63, 3.8) is 0 Å². The monoisotopic (exact) mass is 207 g/mol. The molecule has 80 valence electrons. The topological polar surface area (TPSA) is 21.3 Å². The number of hydrogen-bond acceptors (Lipinski definition) is 2. The van der Waals surface area contributed by atoms with Gasteiger partial charge in [-0.25, -0.2) is 4.39 Å². The summed E-state index contributed by atoms with van der Waals surface area (Å²) in [5, 5.41) is 3.44. The molecule has 0 unspecified atom stereocenters. The molecule has 1 aromatic rings. The number of halogens is 1. The van der Waals surface area contributed by atoms with E-state index < -0.39 is 0 Å². The molecule has 2 aliphatic heterocycles. The standard InChI is InChI=1S/C12H14FNO/c13-9-3-4-10-8(6-9)7-15-12(10)11-2-1-5-14-11/h3-4,6,11-12,14H,1-2,5,7H2/t11-,12+/m0/s1. The summed E-state index contributed by atoms with van der Waals surface area (Å²) in [6.07, 6.45) is 2.49. The Morgan fingerprint density at radius 1 is 1.40 bits per heavy atom. The molecule has 0 amide bonds. The highest BCUT2D eigenvalue weighted by atomic mass is 19.1. The van der Waals surface area contributed by atoms with Gasteiger partial charge in [-0.15, -0.1) is 0 Å². The molecule has 1 N–H and O–H groups in total. The van der Waals surface area contributed by atoms with Crippen LogP contribution in [0.2, 0.25) is 0 Å². The van der Waals surface area contributed by atoms with Crippen molar-refractivity contribution < 1.29 is 9.13 Å². The summed E-state index contributed by atoms with van der Waals surface area (Å²) < 4.78 is 18.7. The van der Waals surface area contributed by atoms with Crippen molar-refractivity contribution in [2.45, 2.75) is 31.6 Å². The van der Waals surface area contributed by atoms with Crippen molar-refractivity contribution in [3.05, 3.63) is 35.1 Å². The largest absolute Gasteiger partial charge is 0.367 e. The van der Waals surface area contributed by atoms with E-state index in [1.54, 1.807) is 6.07 Å². The lowest BCUT2D eigenvalue weighted by Crippen LogP contribution is -2.28. The molecule has 0 aromatic heterocycles. The van der Waals surface area contributed by atoms with E-state index in [4.69, 9.17) is 4.74 Å². The Hall–Kier alpha value is -0.930. The van der Waals surface area contributed by atoms with Gasteiger partial charge in [-0.1, -0.05) is 6.07 Å². The van der Waals surface area contributed by atoms with Crippen LogP contribution in [0.15, 0.2) is 18.2 Å². The van der Waals surface area contributed by atoms with E-state index >= 15 is 0 Å². The number of nitrogens with one attached hydrogen (secondary N) is 1. The van der Waals surface area contributed by atoms with Crippen molar-refractivity contribution in [1.82, 2.24) is 5.32 Å². The van der Waals surface area contributed by atoms with E-state index in [2.05, 4.69) is 5.32 Å². The maximum absolute atomic E-state index is 13.0. The smallest absolute Gasteiger partial charge is 0.123 e. The van der Waals surface area contributed by atoms with Crippen molar-refractivity contribution in [3.8, 4) is 0 Å². The van der Waals surface area contributed by atoms with E-state index in [1.165, 1.54) is 12.5 Å². The number of rotatable bonds is 1. The first kappa shape index (κ1) is 9.31. The maximum atomic E-state index is 13.0. The minimum absolute atomic E-state index is 0.128. The average molecular weight is 207 g/mol. The number of fused-ring (bicyclic) bond motifs is 1. The van der Waals surface area contributed by atoms with Gasteiger partial charge in [-0.2, -0.15) is 0 Å².